The highest BCUT2D eigenvalue weighted by Crippen LogP contribution is 2.33. The van der Waals surface area contributed by atoms with Gasteiger partial charge in [0.25, 0.3) is 0 Å². The maximum absolute atomic E-state index is 10.4. The average molecular weight is 448 g/mol. The van der Waals surface area contributed by atoms with Crippen molar-refractivity contribution in [3.8, 4) is 5.75 Å². The molecule has 0 bridgehead atoms. The van der Waals surface area contributed by atoms with E-state index in [-0.39, 0.29) is 6.61 Å². The van der Waals surface area contributed by atoms with E-state index in [1.807, 2.05) is 60.7 Å². The van der Waals surface area contributed by atoms with Crippen LogP contribution in [0.15, 0.2) is 66.7 Å². The van der Waals surface area contributed by atoms with Crippen molar-refractivity contribution < 1.29 is 14.9 Å². The number of rotatable bonds is 9. The first-order chi connectivity index (χ1) is 15.7. The second kappa shape index (κ2) is 9.26. The van der Waals surface area contributed by atoms with Gasteiger partial charge in [-0.15, -0.1) is 11.3 Å². The highest BCUT2D eigenvalue weighted by atomic mass is 32.1. The summed E-state index contributed by atoms with van der Waals surface area (Å²) in [6, 6.07) is 21.9. The molecule has 2 atom stereocenters. The zero-order chi connectivity index (χ0) is 21.9. The van der Waals surface area contributed by atoms with Crippen LogP contribution in [-0.2, 0) is 0 Å². The lowest BCUT2D eigenvalue weighted by Crippen LogP contribution is -2.32. The molecule has 164 valence electrons. The molecule has 0 saturated heterocycles. The Bertz CT molecular complexity index is 1310. The molecule has 2 aromatic heterocycles. The fourth-order valence-corrected chi connectivity index (χ4v) is 4.89. The van der Waals surface area contributed by atoms with E-state index in [1.165, 1.54) is 11.3 Å². The summed E-state index contributed by atoms with van der Waals surface area (Å²) < 4.78 is 7.04. The molecule has 6 nitrogen and oxygen atoms in total. The third kappa shape index (κ3) is 4.33. The number of aliphatic hydroxyl groups is 2. The van der Waals surface area contributed by atoms with Gasteiger partial charge in [-0.25, -0.2) is 4.98 Å². The predicted octanol–water partition coefficient (Wildman–Crippen LogP) is 4.38. The predicted molar refractivity (Wildman–Crippen MR) is 129 cm³/mol. The van der Waals surface area contributed by atoms with Gasteiger partial charge in [-0.1, -0.05) is 36.4 Å². The molecule has 0 radical (unpaired) electrons. The number of hydrogen-bond acceptors (Lipinski definition) is 6. The summed E-state index contributed by atoms with van der Waals surface area (Å²) in [5.41, 5.74) is 2.99. The number of aromatic amines is 1. The van der Waals surface area contributed by atoms with Gasteiger partial charge in [0.1, 0.15) is 29.6 Å². The summed E-state index contributed by atoms with van der Waals surface area (Å²) in [6.45, 7) is 1.15. The number of ether oxygens (including phenoxy) is 1. The normalized spacial score (nSPS) is 13.7. The number of benzene rings is 3. The number of hydrogen-bond donors (Lipinski definition) is 4. The van der Waals surface area contributed by atoms with Crippen LogP contribution in [0.25, 0.3) is 32.0 Å². The maximum Gasteiger partial charge on any atom is 0.129 e. The summed E-state index contributed by atoms with van der Waals surface area (Å²) in [5.74, 6) is 0.755. The van der Waals surface area contributed by atoms with Crippen LogP contribution in [0.2, 0.25) is 0 Å². The Morgan fingerprint density at radius 2 is 1.78 bits per heavy atom. The maximum atomic E-state index is 10.4. The monoisotopic (exact) mass is 447 g/mol. The second-order valence-electron chi connectivity index (χ2n) is 7.84. The molecule has 7 heteroatoms. The number of nitrogens with one attached hydrogen (secondary N) is 2. The van der Waals surface area contributed by atoms with E-state index in [1.54, 1.807) is 0 Å². The largest absolute Gasteiger partial charge is 0.490 e. The van der Waals surface area contributed by atoms with Crippen LogP contribution in [0.4, 0.5) is 0 Å². The number of H-pyrrole nitrogens is 1. The third-order valence-electron chi connectivity index (χ3n) is 5.49. The topological polar surface area (TPSA) is 90.4 Å². The van der Waals surface area contributed by atoms with E-state index < -0.39 is 12.2 Å². The Hall–Kier alpha value is -2.97. The number of aromatic nitrogens is 2. The van der Waals surface area contributed by atoms with Crippen molar-refractivity contribution in [2.45, 2.75) is 18.6 Å². The van der Waals surface area contributed by atoms with Crippen molar-refractivity contribution in [3.05, 3.63) is 71.7 Å². The van der Waals surface area contributed by atoms with Gasteiger partial charge in [-0.05, 0) is 43.3 Å². The molecule has 0 spiro atoms. The molecule has 0 aliphatic heterocycles. The molecular weight excluding hydrogens is 422 g/mol. The quantitative estimate of drug-likeness (QED) is 0.252. The van der Waals surface area contributed by atoms with Crippen molar-refractivity contribution in [3.63, 3.8) is 0 Å². The number of para-hydroxylation sites is 2. The Kier molecular flexibility index (Phi) is 6.05. The lowest BCUT2D eigenvalue weighted by Gasteiger charge is -2.15. The van der Waals surface area contributed by atoms with Crippen molar-refractivity contribution in [2.24, 2.45) is 0 Å². The summed E-state index contributed by atoms with van der Waals surface area (Å²) in [7, 11) is 0. The van der Waals surface area contributed by atoms with Gasteiger partial charge in [0.05, 0.1) is 15.7 Å². The van der Waals surface area contributed by atoms with Crippen LogP contribution < -0.4 is 10.1 Å². The molecule has 2 unspecified atom stereocenters. The van der Waals surface area contributed by atoms with Gasteiger partial charge in [0, 0.05) is 22.8 Å². The molecule has 0 aliphatic rings. The van der Waals surface area contributed by atoms with Crippen LogP contribution in [0, 0.1) is 0 Å². The summed E-state index contributed by atoms with van der Waals surface area (Å²) in [4.78, 5) is 7.90. The minimum atomic E-state index is -0.657. The minimum absolute atomic E-state index is 0.187. The molecule has 32 heavy (non-hydrogen) atoms. The first-order valence-corrected chi connectivity index (χ1v) is 11.6. The first kappa shape index (κ1) is 20.9. The van der Waals surface area contributed by atoms with Gasteiger partial charge >= 0.3 is 0 Å². The van der Waals surface area contributed by atoms with Gasteiger partial charge in [-0.2, -0.15) is 0 Å². The molecule has 0 fully saturated rings. The van der Waals surface area contributed by atoms with Crippen LogP contribution in [0.5, 0.6) is 5.75 Å². The Balaban J connectivity index is 1.12. The summed E-state index contributed by atoms with van der Waals surface area (Å²) >= 11 is 1.52. The van der Waals surface area contributed by atoms with Gasteiger partial charge in [0.15, 0.2) is 0 Å². The van der Waals surface area contributed by atoms with Gasteiger partial charge in [-0.3, -0.25) is 0 Å². The van der Waals surface area contributed by atoms with Crippen molar-refractivity contribution in [1.29, 1.82) is 0 Å². The molecule has 0 aliphatic carbocycles. The smallest absolute Gasteiger partial charge is 0.129 e. The van der Waals surface area contributed by atoms with Crippen LogP contribution in [0.3, 0.4) is 0 Å². The lowest BCUT2D eigenvalue weighted by molar-refractivity contribution is 0.105. The van der Waals surface area contributed by atoms with Crippen molar-refractivity contribution in [1.82, 2.24) is 15.3 Å². The van der Waals surface area contributed by atoms with E-state index in [4.69, 9.17) is 4.74 Å². The minimum Gasteiger partial charge on any atom is -0.490 e. The van der Waals surface area contributed by atoms with Crippen LogP contribution >= 0.6 is 11.3 Å². The van der Waals surface area contributed by atoms with Crippen LogP contribution in [0.1, 0.15) is 17.5 Å². The van der Waals surface area contributed by atoms with Gasteiger partial charge < -0.3 is 25.3 Å². The highest BCUT2D eigenvalue weighted by Gasteiger charge is 2.14. The highest BCUT2D eigenvalue weighted by molar-refractivity contribution is 7.18. The number of thiazole rings is 1. The third-order valence-corrected chi connectivity index (χ3v) is 6.63. The fraction of sp³-hybridized carbons (Fsp3) is 0.240. The van der Waals surface area contributed by atoms with Crippen molar-refractivity contribution >= 4 is 43.4 Å². The van der Waals surface area contributed by atoms with E-state index >= 15 is 0 Å². The molecule has 3 aromatic carbocycles. The van der Waals surface area contributed by atoms with Gasteiger partial charge in [0.2, 0.25) is 0 Å². The standard InChI is InChI=1S/C25H25N3O3S/c29-16(14-26-13-12-21(30)25-28-19-8-3-4-11-23(19)32-25)15-31-22-10-5-9-20-24(22)17-6-1-2-7-18(17)27-20/h1-11,16,21,26-27,29-30H,12-15H2. The number of aliphatic hydroxyl groups excluding tert-OH is 2. The Morgan fingerprint density at radius 1 is 0.969 bits per heavy atom. The molecule has 0 amide bonds. The molecule has 4 N–H and O–H groups in total. The Morgan fingerprint density at radius 3 is 2.69 bits per heavy atom. The molecule has 5 rings (SSSR count). The van der Waals surface area contributed by atoms with Crippen LogP contribution in [-0.4, -0.2) is 46.0 Å². The molecule has 0 saturated carbocycles. The summed E-state index contributed by atoms with van der Waals surface area (Å²) in [6.07, 6.45) is -0.745. The fourth-order valence-electron chi connectivity index (χ4n) is 3.90. The molecule has 2 heterocycles. The zero-order valence-corrected chi connectivity index (χ0v) is 18.3. The SMILES string of the molecule is OC(CNCCC(O)c1nc2ccccc2s1)COc1cccc2[nH]c3ccccc3c12. The van der Waals surface area contributed by atoms with E-state index in [0.717, 1.165) is 42.8 Å². The zero-order valence-electron chi connectivity index (χ0n) is 17.5. The Labute approximate surface area is 189 Å². The first-order valence-electron chi connectivity index (χ1n) is 10.7. The molecule has 5 aromatic rings. The number of nitrogens with zero attached hydrogens (tertiary/aromatic N) is 1. The lowest BCUT2D eigenvalue weighted by atomic mass is 10.1. The second-order valence-corrected chi connectivity index (χ2v) is 8.90. The van der Waals surface area contributed by atoms with Crippen molar-refractivity contribution in [2.75, 3.05) is 19.7 Å². The molecular formula is C25H25N3O3S. The number of fused-ring (bicyclic) bond motifs is 4. The van der Waals surface area contributed by atoms with E-state index in [2.05, 4.69) is 21.4 Å². The summed E-state index contributed by atoms with van der Waals surface area (Å²) in [5, 5.41) is 26.8. The average Bonchev–Trinajstić information content (AvgIpc) is 3.42. The van der Waals surface area contributed by atoms with E-state index in [0.29, 0.717) is 19.5 Å². The van der Waals surface area contributed by atoms with E-state index in [9.17, 15) is 10.2 Å².